The van der Waals surface area contributed by atoms with Crippen LogP contribution >= 0.6 is 0 Å². The Morgan fingerprint density at radius 1 is 1.41 bits per heavy atom. The Morgan fingerprint density at radius 2 is 2.06 bits per heavy atom. The van der Waals surface area contributed by atoms with Crippen molar-refractivity contribution < 1.29 is 13.2 Å². The van der Waals surface area contributed by atoms with Crippen molar-refractivity contribution in [3.05, 3.63) is 12.7 Å². The average Bonchev–Trinajstić information content (AvgIpc) is 2.35. The Kier molecular flexibility index (Phi) is 5.60. The second-order valence-corrected chi connectivity index (χ2v) is 5.90. The Bertz CT molecular complexity index is 361. The van der Waals surface area contributed by atoms with Crippen molar-refractivity contribution in [2.24, 2.45) is 0 Å². The third-order valence-electron chi connectivity index (χ3n) is 2.50. The molecule has 1 amide bonds. The van der Waals surface area contributed by atoms with Crippen LogP contribution in [0.4, 0.5) is 0 Å². The zero-order valence-electron chi connectivity index (χ0n) is 9.81. The lowest BCUT2D eigenvalue weighted by molar-refractivity contribution is -0.120. The molecule has 7 heteroatoms. The maximum absolute atomic E-state index is 11.9. The van der Waals surface area contributed by atoms with Gasteiger partial charge in [0.25, 0.3) is 0 Å². The zero-order valence-corrected chi connectivity index (χ0v) is 10.6. The van der Waals surface area contributed by atoms with E-state index in [9.17, 15) is 13.2 Å². The maximum atomic E-state index is 11.9. The van der Waals surface area contributed by atoms with Gasteiger partial charge in [-0.05, 0) is 0 Å². The summed E-state index contributed by atoms with van der Waals surface area (Å²) in [4.78, 5) is 11.3. The van der Waals surface area contributed by atoms with Gasteiger partial charge in [0.05, 0.1) is 5.75 Å². The molecule has 0 aromatic rings. The van der Waals surface area contributed by atoms with E-state index in [1.807, 2.05) is 0 Å². The van der Waals surface area contributed by atoms with Gasteiger partial charge in [-0.25, -0.2) is 8.42 Å². The van der Waals surface area contributed by atoms with Gasteiger partial charge in [0.15, 0.2) is 0 Å². The number of sulfonamides is 1. The molecule has 1 aliphatic heterocycles. The summed E-state index contributed by atoms with van der Waals surface area (Å²) in [7, 11) is -3.30. The number of carbonyl (C=O) groups excluding carboxylic acids is 1. The van der Waals surface area contributed by atoms with Crippen LogP contribution in [-0.2, 0) is 14.8 Å². The molecule has 1 aliphatic rings. The Hall–Kier alpha value is -0.920. The van der Waals surface area contributed by atoms with E-state index in [4.69, 9.17) is 0 Å². The third kappa shape index (κ3) is 4.84. The largest absolute Gasteiger partial charge is 0.353 e. The minimum atomic E-state index is -3.30. The summed E-state index contributed by atoms with van der Waals surface area (Å²) < 4.78 is 25.2. The average molecular weight is 261 g/mol. The standard InChI is InChI=1S/C10H19N3O3S/c1-2-4-12-10(14)3-9-17(15,16)13-7-5-11-6-8-13/h2,11H,1,3-9H2,(H,12,14). The molecule has 0 atom stereocenters. The van der Waals surface area contributed by atoms with Gasteiger partial charge in [-0.15, -0.1) is 6.58 Å². The van der Waals surface area contributed by atoms with Crippen LogP contribution in [0.5, 0.6) is 0 Å². The first kappa shape index (κ1) is 14.1. The van der Waals surface area contributed by atoms with Gasteiger partial charge in [0.2, 0.25) is 15.9 Å². The molecular weight excluding hydrogens is 242 g/mol. The highest BCUT2D eigenvalue weighted by Gasteiger charge is 2.24. The Labute approximate surface area is 102 Å². The molecular formula is C10H19N3O3S. The van der Waals surface area contributed by atoms with Crippen LogP contribution in [0.15, 0.2) is 12.7 Å². The molecule has 0 spiro atoms. The van der Waals surface area contributed by atoms with Gasteiger partial charge >= 0.3 is 0 Å². The molecule has 6 nitrogen and oxygen atoms in total. The highest BCUT2D eigenvalue weighted by atomic mass is 32.2. The van der Waals surface area contributed by atoms with E-state index in [-0.39, 0.29) is 18.1 Å². The van der Waals surface area contributed by atoms with Gasteiger partial charge in [-0.2, -0.15) is 4.31 Å². The van der Waals surface area contributed by atoms with Crippen molar-refractivity contribution in [3.63, 3.8) is 0 Å². The number of nitrogens with one attached hydrogen (secondary N) is 2. The summed E-state index contributed by atoms with van der Waals surface area (Å²) in [6.07, 6.45) is 1.56. The molecule has 0 aromatic carbocycles. The molecule has 98 valence electrons. The van der Waals surface area contributed by atoms with Crippen molar-refractivity contribution >= 4 is 15.9 Å². The van der Waals surface area contributed by atoms with Crippen LogP contribution < -0.4 is 10.6 Å². The van der Waals surface area contributed by atoms with E-state index in [2.05, 4.69) is 17.2 Å². The lowest BCUT2D eigenvalue weighted by Gasteiger charge is -2.26. The highest BCUT2D eigenvalue weighted by Crippen LogP contribution is 2.04. The number of hydrogen-bond acceptors (Lipinski definition) is 4. The van der Waals surface area contributed by atoms with Crippen molar-refractivity contribution in [2.75, 3.05) is 38.5 Å². The molecule has 1 fully saturated rings. The monoisotopic (exact) mass is 261 g/mol. The molecule has 0 unspecified atom stereocenters. The molecule has 0 radical (unpaired) electrons. The van der Waals surface area contributed by atoms with Crippen LogP contribution in [0.1, 0.15) is 6.42 Å². The normalized spacial score (nSPS) is 17.6. The molecule has 2 N–H and O–H groups in total. The summed E-state index contributed by atoms with van der Waals surface area (Å²) in [6.45, 7) is 6.14. The zero-order chi connectivity index (χ0) is 12.7. The van der Waals surface area contributed by atoms with Gasteiger partial charge < -0.3 is 10.6 Å². The van der Waals surface area contributed by atoms with Crippen LogP contribution in [-0.4, -0.2) is 57.1 Å². The predicted molar refractivity (Wildman–Crippen MR) is 66.1 cm³/mol. The van der Waals surface area contributed by atoms with E-state index in [0.717, 1.165) is 0 Å². The topological polar surface area (TPSA) is 78.5 Å². The summed E-state index contributed by atoms with van der Waals surface area (Å²) in [5, 5.41) is 5.64. The second-order valence-electron chi connectivity index (χ2n) is 3.81. The van der Waals surface area contributed by atoms with Crippen LogP contribution in [0.25, 0.3) is 0 Å². The maximum Gasteiger partial charge on any atom is 0.221 e. The fourth-order valence-corrected chi connectivity index (χ4v) is 2.99. The molecule has 1 rings (SSSR count). The van der Waals surface area contributed by atoms with Crippen molar-refractivity contribution in [3.8, 4) is 0 Å². The van der Waals surface area contributed by atoms with Crippen LogP contribution in [0.2, 0.25) is 0 Å². The molecule has 0 bridgehead atoms. The van der Waals surface area contributed by atoms with Gasteiger partial charge in [-0.1, -0.05) is 6.08 Å². The minimum absolute atomic E-state index is 0.000101. The summed E-state index contributed by atoms with van der Waals surface area (Å²) in [6, 6.07) is 0. The number of nitrogens with zero attached hydrogens (tertiary/aromatic N) is 1. The van der Waals surface area contributed by atoms with E-state index in [1.165, 1.54) is 4.31 Å². The number of carbonyl (C=O) groups is 1. The molecule has 17 heavy (non-hydrogen) atoms. The van der Waals surface area contributed by atoms with Crippen molar-refractivity contribution in [1.29, 1.82) is 0 Å². The van der Waals surface area contributed by atoms with Gasteiger partial charge in [0, 0.05) is 39.1 Å². The minimum Gasteiger partial charge on any atom is -0.353 e. The lowest BCUT2D eigenvalue weighted by atomic mass is 10.4. The quantitative estimate of drug-likeness (QED) is 0.596. The van der Waals surface area contributed by atoms with E-state index in [0.29, 0.717) is 32.7 Å². The van der Waals surface area contributed by atoms with E-state index < -0.39 is 10.0 Å². The predicted octanol–water partition coefficient (Wildman–Crippen LogP) is -1.09. The summed E-state index contributed by atoms with van der Waals surface area (Å²) in [5.74, 6) is -0.390. The van der Waals surface area contributed by atoms with Gasteiger partial charge in [0.1, 0.15) is 0 Å². The number of amides is 1. The first-order valence-electron chi connectivity index (χ1n) is 5.62. The van der Waals surface area contributed by atoms with Crippen LogP contribution in [0.3, 0.4) is 0 Å². The fourth-order valence-electron chi connectivity index (χ4n) is 1.55. The summed E-state index contributed by atoms with van der Waals surface area (Å²) in [5.41, 5.74) is 0. The number of hydrogen-bond donors (Lipinski definition) is 2. The highest BCUT2D eigenvalue weighted by molar-refractivity contribution is 7.89. The van der Waals surface area contributed by atoms with Gasteiger partial charge in [-0.3, -0.25) is 4.79 Å². The summed E-state index contributed by atoms with van der Waals surface area (Å²) >= 11 is 0. The smallest absolute Gasteiger partial charge is 0.221 e. The first-order chi connectivity index (χ1) is 8.06. The molecule has 1 saturated heterocycles. The molecule has 0 aromatic heterocycles. The van der Waals surface area contributed by atoms with Crippen molar-refractivity contribution in [2.45, 2.75) is 6.42 Å². The Morgan fingerprint density at radius 3 is 2.65 bits per heavy atom. The second kappa shape index (κ2) is 6.73. The SMILES string of the molecule is C=CCNC(=O)CCS(=O)(=O)N1CCNCC1. The fraction of sp³-hybridized carbons (Fsp3) is 0.700. The lowest BCUT2D eigenvalue weighted by Crippen LogP contribution is -2.47. The van der Waals surface area contributed by atoms with Crippen LogP contribution in [0, 0.1) is 0 Å². The van der Waals surface area contributed by atoms with Crippen molar-refractivity contribution in [1.82, 2.24) is 14.9 Å². The van der Waals surface area contributed by atoms with E-state index >= 15 is 0 Å². The third-order valence-corrected chi connectivity index (χ3v) is 4.37. The molecule has 1 heterocycles. The molecule has 0 saturated carbocycles. The first-order valence-corrected chi connectivity index (χ1v) is 7.23. The van der Waals surface area contributed by atoms with E-state index in [1.54, 1.807) is 6.08 Å². The molecule has 0 aliphatic carbocycles. The Balaban J connectivity index is 2.38. The number of rotatable bonds is 6. The number of piperazine rings is 1.